The van der Waals surface area contributed by atoms with Crippen LogP contribution in [0.2, 0.25) is 0 Å². The molecule has 2 amide bonds. The Labute approximate surface area is 173 Å². The Morgan fingerprint density at radius 3 is 2.66 bits per heavy atom. The van der Waals surface area contributed by atoms with Gasteiger partial charge in [0.1, 0.15) is 11.5 Å². The lowest BCUT2D eigenvalue weighted by Crippen LogP contribution is -2.41. The first-order chi connectivity index (χ1) is 14.0. The number of carbonyl (C=O) groups is 2. The van der Waals surface area contributed by atoms with E-state index in [4.69, 9.17) is 9.15 Å². The lowest BCUT2D eigenvalue weighted by Gasteiger charge is -2.27. The van der Waals surface area contributed by atoms with E-state index in [2.05, 4.69) is 10.2 Å². The monoisotopic (exact) mass is 405 g/mol. The number of carbonyl (C=O) groups excluding carboxylic acids is 2. The number of nitrogens with zero attached hydrogens (tertiary/aromatic N) is 2. The number of likely N-dealkylation sites (tertiary alicyclic amines) is 1. The maximum atomic E-state index is 13.1. The summed E-state index contributed by atoms with van der Waals surface area (Å²) in [7, 11) is 0. The third-order valence-electron chi connectivity index (χ3n) is 5.81. The number of hydrogen-bond donors (Lipinski definition) is 1. The number of hydrogen-bond acceptors (Lipinski definition) is 5. The summed E-state index contributed by atoms with van der Waals surface area (Å²) < 4.78 is 11.2. The molecule has 2 aliphatic rings. The van der Waals surface area contributed by atoms with E-state index in [1.54, 1.807) is 17.9 Å². The summed E-state index contributed by atoms with van der Waals surface area (Å²) >= 11 is 0. The molecule has 7 heteroatoms. The van der Waals surface area contributed by atoms with E-state index >= 15 is 0 Å². The van der Waals surface area contributed by atoms with E-state index in [9.17, 15) is 9.59 Å². The number of nitrogens with one attached hydrogen (secondary N) is 1. The van der Waals surface area contributed by atoms with E-state index in [1.165, 1.54) is 19.3 Å². The molecule has 1 unspecified atom stereocenters. The van der Waals surface area contributed by atoms with Crippen LogP contribution in [0.15, 0.2) is 10.5 Å². The van der Waals surface area contributed by atoms with Crippen molar-refractivity contribution in [2.24, 2.45) is 0 Å². The fourth-order valence-electron chi connectivity index (χ4n) is 4.18. The topological polar surface area (TPSA) is 75.0 Å². The predicted octanol–water partition coefficient (Wildman–Crippen LogP) is 2.51. The van der Waals surface area contributed by atoms with Gasteiger partial charge >= 0.3 is 0 Å². The maximum Gasteiger partial charge on any atom is 0.257 e. The quantitative estimate of drug-likeness (QED) is 0.683. The van der Waals surface area contributed by atoms with Gasteiger partial charge in [0.25, 0.3) is 5.91 Å². The van der Waals surface area contributed by atoms with Crippen LogP contribution in [0, 0.1) is 13.8 Å². The van der Waals surface area contributed by atoms with Crippen molar-refractivity contribution >= 4 is 11.8 Å². The number of rotatable bonds is 9. The molecular formula is C22H35N3O4. The minimum atomic E-state index is -0.0871. The molecule has 1 aromatic heterocycles. The fraction of sp³-hybridized carbons (Fsp3) is 0.727. The molecule has 0 radical (unpaired) electrons. The molecule has 0 bridgehead atoms. The van der Waals surface area contributed by atoms with Gasteiger partial charge in [0.15, 0.2) is 0 Å². The second-order valence-corrected chi connectivity index (χ2v) is 8.22. The van der Waals surface area contributed by atoms with Gasteiger partial charge in [0.2, 0.25) is 5.91 Å². The molecular weight excluding hydrogens is 370 g/mol. The highest BCUT2D eigenvalue weighted by atomic mass is 16.5. The molecule has 162 valence electrons. The predicted molar refractivity (Wildman–Crippen MR) is 111 cm³/mol. The van der Waals surface area contributed by atoms with Crippen molar-refractivity contribution in [3.63, 3.8) is 0 Å². The second kappa shape index (κ2) is 10.8. The van der Waals surface area contributed by atoms with Gasteiger partial charge in [-0.3, -0.25) is 9.59 Å². The summed E-state index contributed by atoms with van der Waals surface area (Å²) in [4.78, 5) is 29.6. The van der Waals surface area contributed by atoms with E-state index in [-0.39, 0.29) is 17.9 Å². The average Bonchev–Trinajstić information content (AvgIpc) is 3.34. The molecule has 0 spiro atoms. The van der Waals surface area contributed by atoms with Crippen LogP contribution in [0.1, 0.15) is 60.4 Å². The third-order valence-corrected chi connectivity index (χ3v) is 5.81. The molecule has 0 aliphatic carbocycles. The Bertz CT molecular complexity index is 676. The van der Waals surface area contributed by atoms with Gasteiger partial charge in [0.05, 0.1) is 11.7 Å². The zero-order chi connectivity index (χ0) is 20.6. The van der Waals surface area contributed by atoms with Crippen molar-refractivity contribution in [3.8, 4) is 0 Å². The normalized spacial score (nSPS) is 20.0. The van der Waals surface area contributed by atoms with E-state index in [0.717, 1.165) is 44.8 Å². The Morgan fingerprint density at radius 1 is 1.21 bits per heavy atom. The highest BCUT2D eigenvalue weighted by Gasteiger charge is 2.26. The Morgan fingerprint density at radius 2 is 2.00 bits per heavy atom. The molecule has 7 nitrogen and oxygen atoms in total. The molecule has 3 heterocycles. The van der Waals surface area contributed by atoms with E-state index in [1.807, 2.05) is 6.92 Å². The lowest BCUT2D eigenvalue weighted by molar-refractivity contribution is -0.121. The Hall–Kier alpha value is -1.86. The first kappa shape index (κ1) is 21.8. The van der Waals surface area contributed by atoms with Crippen LogP contribution in [-0.4, -0.2) is 73.6 Å². The van der Waals surface area contributed by atoms with Gasteiger partial charge in [-0.05, 0) is 58.7 Å². The van der Waals surface area contributed by atoms with Gasteiger partial charge in [0, 0.05) is 39.2 Å². The maximum absolute atomic E-state index is 13.1. The molecule has 1 atom stereocenters. The molecule has 1 aromatic rings. The largest absolute Gasteiger partial charge is 0.466 e. The number of piperidine rings is 1. The molecule has 2 saturated heterocycles. The smallest absolute Gasteiger partial charge is 0.257 e. The number of aryl methyl sites for hydroxylation is 2. The Kier molecular flexibility index (Phi) is 8.12. The molecule has 1 N–H and O–H groups in total. The summed E-state index contributed by atoms with van der Waals surface area (Å²) in [5.41, 5.74) is 0.575. The number of ether oxygens (including phenoxy) is 1. The van der Waals surface area contributed by atoms with Crippen molar-refractivity contribution in [1.82, 2.24) is 15.1 Å². The van der Waals surface area contributed by atoms with Gasteiger partial charge in [-0.1, -0.05) is 6.42 Å². The van der Waals surface area contributed by atoms with Crippen molar-refractivity contribution in [1.29, 1.82) is 0 Å². The van der Waals surface area contributed by atoms with E-state index < -0.39 is 0 Å². The SMILES string of the molecule is Cc1cc(C(=O)N(CCC(=O)NCCN2CCCCC2)CC2CCCO2)c(C)o1. The second-order valence-electron chi connectivity index (χ2n) is 8.22. The van der Waals surface area contributed by atoms with Gasteiger partial charge < -0.3 is 24.3 Å². The van der Waals surface area contributed by atoms with Gasteiger partial charge in [-0.15, -0.1) is 0 Å². The highest BCUT2D eigenvalue weighted by molar-refractivity contribution is 5.95. The molecule has 3 rings (SSSR count). The molecule has 29 heavy (non-hydrogen) atoms. The lowest BCUT2D eigenvalue weighted by atomic mass is 10.1. The van der Waals surface area contributed by atoms with Crippen molar-refractivity contribution in [3.05, 3.63) is 23.2 Å². The zero-order valence-corrected chi connectivity index (χ0v) is 17.9. The molecule has 0 aromatic carbocycles. The average molecular weight is 406 g/mol. The Balaban J connectivity index is 1.49. The molecule has 2 aliphatic heterocycles. The minimum Gasteiger partial charge on any atom is -0.466 e. The van der Waals surface area contributed by atoms with Crippen LogP contribution in [0.4, 0.5) is 0 Å². The first-order valence-corrected chi connectivity index (χ1v) is 11.0. The van der Waals surface area contributed by atoms with Crippen LogP contribution in [0.5, 0.6) is 0 Å². The van der Waals surface area contributed by atoms with Gasteiger partial charge in [-0.25, -0.2) is 0 Å². The molecule has 2 fully saturated rings. The summed E-state index contributed by atoms with van der Waals surface area (Å²) in [5, 5.41) is 3.00. The van der Waals surface area contributed by atoms with Gasteiger partial charge in [-0.2, -0.15) is 0 Å². The van der Waals surface area contributed by atoms with Crippen LogP contribution >= 0.6 is 0 Å². The molecule has 0 saturated carbocycles. The van der Waals surface area contributed by atoms with Crippen LogP contribution in [-0.2, 0) is 9.53 Å². The summed E-state index contributed by atoms with van der Waals surface area (Å²) in [6.45, 7) is 9.11. The standard InChI is InChI=1S/C22H35N3O4/c1-17-15-20(18(2)29-17)22(27)25(16-19-7-6-14-28-19)12-8-21(26)23-9-13-24-10-4-3-5-11-24/h15,19H,3-14,16H2,1-2H3,(H,23,26). The fourth-order valence-corrected chi connectivity index (χ4v) is 4.18. The first-order valence-electron chi connectivity index (χ1n) is 11.0. The summed E-state index contributed by atoms with van der Waals surface area (Å²) in [5.74, 6) is 1.25. The highest BCUT2D eigenvalue weighted by Crippen LogP contribution is 2.19. The van der Waals surface area contributed by atoms with Crippen molar-refractivity contribution in [2.45, 2.75) is 58.5 Å². The van der Waals surface area contributed by atoms with E-state index in [0.29, 0.717) is 37.4 Å². The van der Waals surface area contributed by atoms with Crippen molar-refractivity contribution in [2.75, 3.05) is 45.9 Å². The summed E-state index contributed by atoms with van der Waals surface area (Å²) in [6, 6.07) is 1.78. The minimum absolute atomic E-state index is 0.00718. The zero-order valence-electron chi connectivity index (χ0n) is 17.9. The third kappa shape index (κ3) is 6.57. The number of amides is 2. The van der Waals surface area contributed by atoms with Crippen LogP contribution < -0.4 is 5.32 Å². The van der Waals surface area contributed by atoms with Crippen LogP contribution in [0.3, 0.4) is 0 Å². The summed E-state index contributed by atoms with van der Waals surface area (Å²) in [6.07, 6.45) is 6.14. The van der Waals surface area contributed by atoms with Crippen LogP contribution in [0.25, 0.3) is 0 Å². The number of furan rings is 1. The van der Waals surface area contributed by atoms with Crippen molar-refractivity contribution < 1.29 is 18.7 Å².